The van der Waals surface area contributed by atoms with Gasteiger partial charge in [0.05, 0.1) is 0 Å². The van der Waals surface area contributed by atoms with Crippen LogP contribution in [0.2, 0.25) is 0 Å². The van der Waals surface area contributed by atoms with Gasteiger partial charge in [-0.25, -0.2) is 0 Å². The highest BCUT2D eigenvalue weighted by Gasteiger charge is 2.45. The number of rotatable bonds is 56. The molecule has 0 aliphatic rings. The fraction of sp³-hybridized carbons (Fsp3) is 1.00. The van der Waals surface area contributed by atoms with Gasteiger partial charge >= 0.3 is 9.05 Å². The van der Waals surface area contributed by atoms with Crippen molar-refractivity contribution in [1.29, 1.82) is 0 Å². The largest absolute Gasteiger partial charge is 0.679 e. The van der Waals surface area contributed by atoms with Gasteiger partial charge in [0.25, 0.3) is 0 Å². The summed E-state index contributed by atoms with van der Waals surface area (Å²) in [4.78, 5) is 0. The van der Waals surface area contributed by atoms with Crippen molar-refractivity contribution in [2.45, 2.75) is 336 Å². The standard InChI is InChI=1S/C56H116O4Si/c1-5-9-13-17-21-25-29-33-37-41-45-49-53-57-61(58-54-50-46-42-38-34-30-26-22-18-14-10-6-2,59-55-51-47-43-39-35-31-27-23-19-15-11-7-3)60-56-52-48-44-40-36-32-28-24-20-16-12-8-4/h5-56H2,1-4H3. The molecule has 0 aromatic rings. The van der Waals surface area contributed by atoms with Crippen molar-refractivity contribution in [3.05, 3.63) is 0 Å². The molecule has 0 aromatic heterocycles. The van der Waals surface area contributed by atoms with E-state index in [1.54, 1.807) is 0 Å². The molecule has 0 fully saturated rings. The smallest absolute Gasteiger partial charge is 0.351 e. The van der Waals surface area contributed by atoms with Gasteiger partial charge < -0.3 is 17.7 Å². The molecular weight excluding hydrogens is 765 g/mol. The average Bonchev–Trinajstić information content (AvgIpc) is 3.27. The first-order chi connectivity index (χ1) is 30.2. The van der Waals surface area contributed by atoms with Crippen molar-refractivity contribution in [1.82, 2.24) is 0 Å². The van der Waals surface area contributed by atoms with Crippen LogP contribution in [0.5, 0.6) is 0 Å². The Morgan fingerprint density at radius 3 is 0.410 bits per heavy atom. The fourth-order valence-corrected chi connectivity index (χ4v) is 10.9. The van der Waals surface area contributed by atoms with Crippen molar-refractivity contribution < 1.29 is 17.7 Å². The van der Waals surface area contributed by atoms with Gasteiger partial charge in [-0.05, 0) is 25.7 Å². The molecule has 0 aliphatic heterocycles. The van der Waals surface area contributed by atoms with Crippen LogP contribution in [0.1, 0.15) is 336 Å². The summed E-state index contributed by atoms with van der Waals surface area (Å²) < 4.78 is 26.9. The van der Waals surface area contributed by atoms with Gasteiger partial charge in [0.15, 0.2) is 0 Å². The van der Waals surface area contributed by atoms with E-state index in [4.69, 9.17) is 17.7 Å². The highest BCUT2D eigenvalue weighted by molar-refractivity contribution is 6.53. The first-order valence-electron chi connectivity index (χ1n) is 28.8. The van der Waals surface area contributed by atoms with Gasteiger partial charge in [0.1, 0.15) is 0 Å². The van der Waals surface area contributed by atoms with Gasteiger partial charge in [-0.2, -0.15) is 0 Å². The molecule has 0 saturated heterocycles. The summed E-state index contributed by atoms with van der Waals surface area (Å²) in [6.07, 6.45) is 65.0. The van der Waals surface area contributed by atoms with Gasteiger partial charge in [0, 0.05) is 26.4 Å². The monoisotopic (exact) mass is 881 g/mol. The molecule has 0 N–H and O–H groups in total. The predicted molar refractivity (Wildman–Crippen MR) is 274 cm³/mol. The van der Waals surface area contributed by atoms with Crippen LogP contribution in [0, 0.1) is 0 Å². The maximum Gasteiger partial charge on any atom is 0.679 e. The molecule has 368 valence electrons. The third-order valence-electron chi connectivity index (χ3n) is 13.1. The van der Waals surface area contributed by atoms with E-state index in [0.29, 0.717) is 26.4 Å². The molecule has 0 bridgehead atoms. The summed E-state index contributed by atoms with van der Waals surface area (Å²) in [5, 5.41) is 0. The van der Waals surface area contributed by atoms with E-state index in [2.05, 4.69) is 27.7 Å². The topological polar surface area (TPSA) is 36.9 Å². The lowest BCUT2D eigenvalue weighted by molar-refractivity contribution is -0.0375. The van der Waals surface area contributed by atoms with Crippen molar-refractivity contribution >= 4 is 9.05 Å². The van der Waals surface area contributed by atoms with E-state index in [9.17, 15) is 0 Å². The molecular formula is C56H116O4Si. The van der Waals surface area contributed by atoms with Gasteiger partial charge in [-0.3, -0.25) is 0 Å². The van der Waals surface area contributed by atoms with Crippen molar-refractivity contribution in [2.75, 3.05) is 26.4 Å². The molecule has 0 rings (SSSR count). The molecule has 4 nitrogen and oxygen atoms in total. The second kappa shape index (κ2) is 54.4. The number of unbranched alkanes of at least 4 members (excludes halogenated alkanes) is 44. The molecule has 61 heavy (non-hydrogen) atoms. The van der Waals surface area contributed by atoms with E-state index in [1.807, 2.05) is 0 Å². The Hall–Kier alpha value is 0.0569. The van der Waals surface area contributed by atoms with E-state index in [-0.39, 0.29) is 0 Å². The van der Waals surface area contributed by atoms with Gasteiger partial charge in [0.2, 0.25) is 0 Å². The van der Waals surface area contributed by atoms with Crippen LogP contribution in [0.25, 0.3) is 0 Å². The molecule has 0 heterocycles. The zero-order valence-corrected chi connectivity index (χ0v) is 43.9. The van der Waals surface area contributed by atoms with Crippen LogP contribution in [-0.2, 0) is 17.7 Å². The van der Waals surface area contributed by atoms with Crippen molar-refractivity contribution in [3.63, 3.8) is 0 Å². The molecule has 0 radical (unpaired) electrons. The van der Waals surface area contributed by atoms with Crippen molar-refractivity contribution in [2.24, 2.45) is 0 Å². The van der Waals surface area contributed by atoms with Crippen LogP contribution in [0.15, 0.2) is 0 Å². The molecule has 0 unspecified atom stereocenters. The molecule has 0 aliphatic carbocycles. The summed E-state index contributed by atoms with van der Waals surface area (Å²) in [5.41, 5.74) is 0. The van der Waals surface area contributed by atoms with E-state index < -0.39 is 9.05 Å². The van der Waals surface area contributed by atoms with E-state index in [0.717, 1.165) is 25.7 Å². The Morgan fingerprint density at radius 2 is 0.279 bits per heavy atom. The van der Waals surface area contributed by atoms with E-state index in [1.165, 1.54) is 283 Å². The SMILES string of the molecule is CCCCCCCCCCCCCCO[Si](OCCCCCCCCCCCCCC)(OCCCCCCCCCCCCCC)OCCCCCCCCCCCCCC. The number of hydrogen-bond donors (Lipinski definition) is 0. The van der Waals surface area contributed by atoms with Crippen LogP contribution in [0.3, 0.4) is 0 Å². The van der Waals surface area contributed by atoms with E-state index >= 15 is 0 Å². The van der Waals surface area contributed by atoms with Crippen molar-refractivity contribution in [3.8, 4) is 0 Å². The zero-order chi connectivity index (χ0) is 44.1. The quantitative estimate of drug-likeness (QED) is 0.0451. The fourth-order valence-electron chi connectivity index (χ4n) is 8.81. The van der Waals surface area contributed by atoms with Crippen LogP contribution >= 0.6 is 0 Å². The first-order valence-corrected chi connectivity index (χ1v) is 30.4. The highest BCUT2D eigenvalue weighted by Crippen LogP contribution is 2.20. The molecule has 5 heteroatoms. The minimum Gasteiger partial charge on any atom is -0.351 e. The van der Waals surface area contributed by atoms with Gasteiger partial charge in [-0.15, -0.1) is 0 Å². The summed E-state index contributed by atoms with van der Waals surface area (Å²) in [7, 11) is -3.20. The Balaban J connectivity index is 4.92. The predicted octanol–water partition coefficient (Wildman–Crippen LogP) is 20.3. The Morgan fingerprint density at radius 1 is 0.164 bits per heavy atom. The Kier molecular flexibility index (Phi) is 54.4. The van der Waals surface area contributed by atoms with Gasteiger partial charge in [-0.1, -0.05) is 310 Å². The Labute approximate surface area is 387 Å². The molecule has 0 amide bonds. The van der Waals surface area contributed by atoms with Crippen LogP contribution in [-0.4, -0.2) is 35.5 Å². The minimum absolute atomic E-state index is 0.707. The lowest BCUT2D eigenvalue weighted by atomic mass is 10.1. The first kappa shape index (κ1) is 61.1. The molecule has 0 saturated carbocycles. The average molecular weight is 882 g/mol. The maximum absolute atomic E-state index is 6.72. The second-order valence-electron chi connectivity index (χ2n) is 19.5. The normalized spacial score (nSPS) is 12.0. The van der Waals surface area contributed by atoms with Crippen LogP contribution < -0.4 is 0 Å². The second-order valence-corrected chi connectivity index (χ2v) is 21.6. The zero-order valence-electron chi connectivity index (χ0n) is 42.9. The lowest BCUT2D eigenvalue weighted by Crippen LogP contribution is -2.50. The molecule has 0 aromatic carbocycles. The Bertz CT molecular complexity index is 639. The van der Waals surface area contributed by atoms with Crippen LogP contribution in [0.4, 0.5) is 0 Å². The third kappa shape index (κ3) is 49.3. The highest BCUT2D eigenvalue weighted by atomic mass is 28.4. The maximum atomic E-state index is 6.72. The molecule has 0 spiro atoms. The number of hydrogen-bond acceptors (Lipinski definition) is 4. The summed E-state index contributed by atoms with van der Waals surface area (Å²) >= 11 is 0. The summed E-state index contributed by atoms with van der Waals surface area (Å²) in [6.45, 7) is 12.1. The molecule has 0 atom stereocenters. The lowest BCUT2D eigenvalue weighted by Gasteiger charge is -2.28. The third-order valence-corrected chi connectivity index (χ3v) is 15.3. The summed E-state index contributed by atoms with van der Waals surface area (Å²) in [5.74, 6) is 0. The minimum atomic E-state index is -3.20. The summed E-state index contributed by atoms with van der Waals surface area (Å²) in [6, 6.07) is 0.